The molecule has 26 heavy (non-hydrogen) atoms. The molecule has 1 aliphatic heterocycles. The highest BCUT2D eigenvalue weighted by molar-refractivity contribution is 5.93. The van der Waals surface area contributed by atoms with Crippen LogP contribution >= 0.6 is 0 Å². The number of pyridine rings is 1. The molecule has 1 unspecified atom stereocenters. The zero-order chi connectivity index (χ0) is 18.1. The summed E-state index contributed by atoms with van der Waals surface area (Å²) in [4.78, 5) is 19.1. The van der Waals surface area contributed by atoms with E-state index in [4.69, 9.17) is 0 Å². The van der Waals surface area contributed by atoms with Crippen LogP contribution in [0.25, 0.3) is 16.6 Å². The first-order valence-electron chi connectivity index (χ1n) is 8.91. The van der Waals surface area contributed by atoms with E-state index in [9.17, 15) is 4.79 Å². The van der Waals surface area contributed by atoms with E-state index in [1.165, 1.54) is 0 Å². The first kappa shape index (κ1) is 16.7. The largest absolute Gasteiger partial charge is 0.336 e. The Labute approximate surface area is 152 Å². The van der Waals surface area contributed by atoms with Crippen molar-refractivity contribution in [3.8, 4) is 5.69 Å². The lowest BCUT2D eigenvalue weighted by molar-refractivity contribution is 0.0691. The Bertz CT molecular complexity index is 950. The number of benzene rings is 1. The number of rotatable bonds is 3. The van der Waals surface area contributed by atoms with Crippen molar-refractivity contribution in [2.45, 2.75) is 25.8 Å². The monoisotopic (exact) mass is 350 g/mol. The lowest BCUT2D eigenvalue weighted by Gasteiger charge is -2.32. The van der Waals surface area contributed by atoms with Crippen LogP contribution in [0, 0.1) is 6.92 Å². The Balaban J connectivity index is 1.64. The van der Waals surface area contributed by atoms with Crippen LogP contribution in [0.2, 0.25) is 0 Å². The van der Waals surface area contributed by atoms with E-state index in [0.717, 1.165) is 41.7 Å². The van der Waals surface area contributed by atoms with Gasteiger partial charge in [0.15, 0.2) is 5.69 Å². The number of hydrogen-bond donors (Lipinski definition) is 1. The van der Waals surface area contributed by atoms with Crippen LogP contribution in [0.4, 0.5) is 0 Å². The molecule has 134 valence electrons. The van der Waals surface area contributed by atoms with Gasteiger partial charge in [-0.15, -0.1) is 5.10 Å². The summed E-state index contributed by atoms with van der Waals surface area (Å²) in [5.41, 5.74) is 2.98. The average molecular weight is 350 g/mol. The molecule has 1 atom stereocenters. The smallest absolute Gasteiger partial charge is 0.276 e. The number of hydrogen-bond acceptors (Lipinski definition) is 5. The van der Waals surface area contributed by atoms with Gasteiger partial charge in [0.05, 0.1) is 16.9 Å². The minimum absolute atomic E-state index is 0.0452. The summed E-state index contributed by atoms with van der Waals surface area (Å²) in [6.07, 6.45) is 3.87. The first-order chi connectivity index (χ1) is 12.7. The second-order valence-corrected chi connectivity index (χ2v) is 6.69. The lowest BCUT2D eigenvalue weighted by atomic mass is 10.1. The van der Waals surface area contributed by atoms with E-state index in [-0.39, 0.29) is 5.91 Å². The third-order valence-corrected chi connectivity index (χ3v) is 5.05. The van der Waals surface area contributed by atoms with E-state index in [1.54, 1.807) is 10.9 Å². The van der Waals surface area contributed by atoms with Crippen LogP contribution < -0.4 is 5.32 Å². The highest BCUT2D eigenvalue weighted by Crippen LogP contribution is 2.20. The molecule has 1 fully saturated rings. The van der Waals surface area contributed by atoms with Gasteiger partial charge >= 0.3 is 0 Å². The van der Waals surface area contributed by atoms with Gasteiger partial charge in [0, 0.05) is 30.7 Å². The van der Waals surface area contributed by atoms with Crippen LogP contribution in [0.3, 0.4) is 0 Å². The van der Waals surface area contributed by atoms with Crippen molar-refractivity contribution in [3.63, 3.8) is 0 Å². The summed E-state index contributed by atoms with van der Waals surface area (Å²) in [5.74, 6) is -0.0452. The molecule has 7 heteroatoms. The summed E-state index contributed by atoms with van der Waals surface area (Å²) in [7, 11) is 1.94. The second kappa shape index (κ2) is 6.84. The number of aromatic nitrogens is 4. The van der Waals surface area contributed by atoms with Gasteiger partial charge in [-0.25, -0.2) is 4.68 Å². The maximum atomic E-state index is 12.9. The first-order valence-corrected chi connectivity index (χ1v) is 8.91. The molecule has 4 rings (SSSR count). The maximum absolute atomic E-state index is 12.9. The molecule has 1 aliphatic rings. The molecule has 1 N–H and O–H groups in total. The Morgan fingerprint density at radius 2 is 2.19 bits per heavy atom. The van der Waals surface area contributed by atoms with Gasteiger partial charge in [-0.3, -0.25) is 9.78 Å². The van der Waals surface area contributed by atoms with Crippen molar-refractivity contribution in [1.29, 1.82) is 0 Å². The van der Waals surface area contributed by atoms with Crippen molar-refractivity contribution in [2.24, 2.45) is 0 Å². The Morgan fingerprint density at radius 1 is 1.31 bits per heavy atom. The summed E-state index contributed by atoms with van der Waals surface area (Å²) >= 11 is 0. The molecule has 3 heterocycles. The fourth-order valence-corrected chi connectivity index (χ4v) is 3.51. The minimum atomic E-state index is -0.0452. The second-order valence-electron chi connectivity index (χ2n) is 6.69. The number of fused-ring (bicyclic) bond motifs is 1. The molecule has 0 spiro atoms. The standard InChI is InChI=1S/C19H22N6O/c1-13-18(19(26)24-10-4-6-15(12-24)20-2)22-23-25(13)16-7-8-17-14(11-16)5-3-9-21-17/h3,5,7-9,11,15,20H,4,6,10,12H2,1-2H3. The van der Waals surface area contributed by atoms with Crippen LogP contribution in [-0.2, 0) is 0 Å². The Morgan fingerprint density at radius 3 is 3.04 bits per heavy atom. The van der Waals surface area contributed by atoms with Gasteiger partial charge in [0.25, 0.3) is 5.91 Å². The van der Waals surface area contributed by atoms with E-state index in [2.05, 4.69) is 20.6 Å². The SMILES string of the molecule is CNC1CCCN(C(=O)c2nnn(-c3ccc4ncccc4c3)c2C)C1. The Hall–Kier alpha value is -2.80. The summed E-state index contributed by atoms with van der Waals surface area (Å²) in [5, 5.41) is 12.7. The number of likely N-dealkylation sites (tertiary alicyclic amines) is 1. The van der Waals surface area contributed by atoms with Crippen molar-refractivity contribution in [2.75, 3.05) is 20.1 Å². The molecule has 1 amide bonds. The number of carbonyl (C=O) groups excluding carboxylic acids is 1. The number of amides is 1. The van der Waals surface area contributed by atoms with Gasteiger partial charge in [-0.1, -0.05) is 11.3 Å². The molecule has 0 saturated carbocycles. The van der Waals surface area contributed by atoms with Crippen LogP contribution in [-0.4, -0.2) is 57.0 Å². The normalized spacial score (nSPS) is 17.6. The lowest BCUT2D eigenvalue weighted by Crippen LogP contribution is -2.47. The number of nitrogens with zero attached hydrogens (tertiary/aromatic N) is 5. The third kappa shape index (κ3) is 2.94. The van der Waals surface area contributed by atoms with Crippen LogP contribution in [0.5, 0.6) is 0 Å². The maximum Gasteiger partial charge on any atom is 0.276 e. The number of piperidine rings is 1. The van der Waals surface area contributed by atoms with Crippen molar-refractivity contribution in [3.05, 3.63) is 47.9 Å². The van der Waals surface area contributed by atoms with E-state index in [0.29, 0.717) is 18.3 Å². The quantitative estimate of drug-likeness (QED) is 0.781. The number of nitrogens with one attached hydrogen (secondary N) is 1. The van der Waals surface area contributed by atoms with Crippen molar-refractivity contribution in [1.82, 2.24) is 30.2 Å². The van der Waals surface area contributed by atoms with Crippen molar-refractivity contribution < 1.29 is 4.79 Å². The molecule has 0 radical (unpaired) electrons. The van der Waals surface area contributed by atoms with E-state index in [1.807, 2.05) is 49.2 Å². The van der Waals surface area contributed by atoms with Gasteiger partial charge in [-0.05, 0) is 51.1 Å². The molecule has 7 nitrogen and oxygen atoms in total. The fourth-order valence-electron chi connectivity index (χ4n) is 3.51. The molecule has 1 saturated heterocycles. The third-order valence-electron chi connectivity index (χ3n) is 5.05. The molecule has 2 aromatic heterocycles. The van der Waals surface area contributed by atoms with E-state index < -0.39 is 0 Å². The zero-order valence-corrected chi connectivity index (χ0v) is 15.0. The fraction of sp³-hybridized carbons (Fsp3) is 0.368. The minimum Gasteiger partial charge on any atom is -0.336 e. The molecule has 3 aromatic rings. The van der Waals surface area contributed by atoms with Crippen LogP contribution in [0.1, 0.15) is 29.0 Å². The van der Waals surface area contributed by atoms with Gasteiger partial charge in [0.2, 0.25) is 0 Å². The van der Waals surface area contributed by atoms with Gasteiger partial charge in [0.1, 0.15) is 0 Å². The highest BCUT2D eigenvalue weighted by Gasteiger charge is 2.27. The number of carbonyl (C=O) groups is 1. The summed E-state index contributed by atoms with van der Waals surface area (Å²) in [6, 6.07) is 10.2. The summed E-state index contributed by atoms with van der Waals surface area (Å²) in [6.45, 7) is 3.37. The zero-order valence-electron chi connectivity index (χ0n) is 15.0. The van der Waals surface area contributed by atoms with E-state index >= 15 is 0 Å². The average Bonchev–Trinajstić information content (AvgIpc) is 3.08. The topological polar surface area (TPSA) is 75.9 Å². The molecule has 1 aromatic carbocycles. The molecule has 0 aliphatic carbocycles. The molecule has 0 bridgehead atoms. The van der Waals surface area contributed by atoms with Gasteiger partial charge in [-0.2, -0.15) is 0 Å². The highest BCUT2D eigenvalue weighted by atomic mass is 16.2. The predicted molar refractivity (Wildman–Crippen MR) is 99.4 cm³/mol. The van der Waals surface area contributed by atoms with Crippen LogP contribution in [0.15, 0.2) is 36.5 Å². The predicted octanol–water partition coefficient (Wildman–Crippen LogP) is 1.95. The molecular weight excluding hydrogens is 328 g/mol. The van der Waals surface area contributed by atoms with Gasteiger partial charge < -0.3 is 10.2 Å². The summed E-state index contributed by atoms with van der Waals surface area (Å²) < 4.78 is 1.72. The Kier molecular flexibility index (Phi) is 4.38. The molecular formula is C19H22N6O. The van der Waals surface area contributed by atoms with Crippen molar-refractivity contribution >= 4 is 16.8 Å². The number of likely N-dealkylation sites (N-methyl/N-ethyl adjacent to an activating group) is 1.